The average Bonchev–Trinajstić information content (AvgIpc) is 3.61. The molecule has 0 radical (unpaired) electrons. The third kappa shape index (κ3) is 6.46. The number of benzene rings is 1. The van der Waals surface area contributed by atoms with Crippen LogP contribution >= 0.6 is 11.6 Å². The minimum atomic E-state index is -4.33. The van der Waals surface area contributed by atoms with E-state index in [2.05, 4.69) is 39.3 Å². The van der Waals surface area contributed by atoms with Gasteiger partial charge in [-0.25, -0.2) is 27.8 Å². The van der Waals surface area contributed by atoms with Crippen LogP contribution in [0.15, 0.2) is 66.3 Å². The summed E-state index contributed by atoms with van der Waals surface area (Å²) in [5, 5.41) is 10.1. The highest BCUT2D eigenvalue weighted by Gasteiger charge is 2.25. The van der Waals surface area contributed by atoms with Crippen LogP contribution in [-0.2, 0) is 21.5 Å². The fraction of sp³-hybridized carbons (Fsp3) is 0.241. The zero-order chi connectivity index (χ0) is 31.6. The third-order valence-electron chi connectivity index (χ3n) is 6.75. The first-order valence-corrected chi connectivity index (χ1v) is 19.0. The molecule has 4 heterocycles. The van der Waals surface area contributed by atoms with Gasteiger partial charge in [-0.15, -0.1) is 0 Å². The Morgan fingerprint density at radius 2 is 1.95 bits per heavy atom. The van der Waals surface area contributed by atoms with Gasteiger partial charge in [0, 0.05) is 50.6 Å². The topological polar surface area (TPSA) is 136 Å². The van der Waals surface area contributed by atoms with Gasteiger partial charge in [0.2, 0.25) is 5.88 Å². The highest BCUT2D eigenvalue weighted by Crippen LogP contribution is 2.35. The van der Waals surface area contributed by atoms with E-state index in [1.54, 1.807) is 35.3 Å². The van der Waals surface area contributed by atoms with Crippen molar-refractivity contribution in [2.75, 3.05) is 18.4 Å². The van der Waals surface area contributed by atoms with Gasteiger partial charge in [-0.1, -0.05) is 37.3 Å². The summed E-state index contributed by atoms with van der Waals surface area (Å²) in [5.74, 6) is -0.292. The van der Waals surface area contributed by atoms with E-state index in [0.717, 1.165) is 12.1 Å². The average molecular weight is 654 g/mol. The van der Waals surface area contributed by atoms with Gasteiger partial charge in [0.25, 0.3) is 10.0 Å². The van der Waals surface area contributed by atoms with Crippen LogP contribution < -0.4 is 9.46 Å². The summed E-state index contributed by atoms with van der Waals surface area (Å²) in [7, 11) is -4.29. The highest BCUT2D eigenvalue weighted by molar-refractivity contribution is 7.92. The number of aromatic nitrogens is 5. The van der Waals surface area contributed by atoms with E-state index in [1.165, 1.54) is 25.4 Å². The lowest BCUT2D eigenvalue weighted by Crippen LogP contribution is -2.22. The molecule has 0 aliphatic heterocycles. The molecule has 0 amide bonds. The van der Waals surface area contributed by atoms with Gasteiger partial charge < -0.3 is 18.4 Å². The maximum atomic E-state index is 15.3. The van der Waals surface area contributed by atoms with Gasteiger partial charge in [-0.2, -0.15) is 5.26 Å². The molecule has 5 aromatic rings. The van der Waals surface area contributed by atoms with Crippen molar-refractivity contribution in [3.05, 3.63) is 77.8 Å². The van der Waals surface area contributed by atoms with Crippen molar-refractivity contribution < 1.29 is 22.3 Å². The van der Waals surface area contributed by atoms with Crippen LogP contribution in [0.3, 0.4) is 0 Å². The number of nitriles is 1. The van der Waals surface area contributed by atoms with Crippen molar-refractivity contribution in [1.82, 2.24) is 23.9 Å². The number of ether oxygens (including phenoxy) is 2. The Bertz CT molecular complexity index is 2000. The van der Waals surface area contributed by atoms with Crippen molar-refractivity contribution in [1.29, 1.82) is 5.26 Å². The lowest BCUT2D eigenvalue weighted by atomic mass is 9.99. The minimum Gasteiger partial charge on any atom is -0.480 e. The minimum absolute atomic E-state index is 0.0662. The SMILES string of the molecule is COc1ncc(Cl)cc1S(=O)(=O)Nc1ccc(F)c(-c2ccc3c(-c4nccn4COCC[Si](C)(C)C)ncn3c2)c1C#N. The van der Waals surface area contributed by atoms with E-state index in [4.69, 9.17) is 21.1 Å². The second-order valence-corrected chi connectivity index (χ2v) is 18.8. The van der Waals surface area contributed by atoms with Crippen molar-refractivity contribution in [3.63, 3.8) is 0 Å². The molecule has 0 saturated heterocycles. The molecular weight excluding hydrogens is 625 g/mol. The molecule has 44 heavy (non-hydrogen) atoms. The van der Waals surface area contributed by atoms with E-state index in [9.17, 15) is 13.7 Å². The number of fused-ring (bicyclic) bond motifs is 1. The van der Waals surface area contributed by atoms with Gasteiger partial charge >= 0.3 is 0 Å². The number of anilines is 1. The molecule has 0 fully saturated rings. The van der Waals surface area contributed by atoms with Crippen molar-refractivity contribution in [3.8, 4) is 34.6 Å². The number of pyridine rings is 2. The molecule has 1 N–H and O–H groups in total. The molecule has 0 aliphatic rings. The van der Waals surface area contributed by atoms with Crippen LogP contribution in [0.2, 0.25) is 30.7 Å². The second-order valence-electron chi connectivity index (χ2n) is 11.1. The first-order valence-electron chi connectivity index (χ1n) is 13.4. The lowest BCUT2D eigenvalue weighted by Gasteiger charge is -2.16. The fourth-order valence-electron chi connectivity index (χ4n) is 4.51. The molecule has 1 aromatic carbocycles. The van der Waals surface area contributed by atoms with Gasteiger partial charge in [-0.05, 0) is 30.3 Å². The summed E-state index contributed by atoms with van der Waals surface area (Å²) in [4.78, 5) is 12.6. The Hall–Kier alpha value is -4.29. The fourth-order valence-corrected chi connectivity index (χ4v) is 6.70. The summed E-state index contributed by atoms with van der Waals surface area (Å²) < 4.78 is 58.7. The normalized spacial score (nSPS) is 11.9. The van der Waals surface area contributed by atoms with Crippen LogP contribution in [0, 0.1) is 17.1 Å². The zero-order valence-electron chi connectivity index (χ0n) is 24.4. The molecule has 0 saturated carbocycles. The predicted molar refractivity (Wildman–Crippen MR) is 167 cm³/mol. The molecule has 0 bridgehead atoms. The van der Waals surface area contributed by atoms with E-state index < -0.39 is 23.9 Å². The molecule has 15 heteroatoms. The third-order valence-corrected chi connectivity index (χ3v) is 10.0. The molecule has 0 unspecified atom stereocenters. The molecular formula is C29H29ClFN7O4SSi. The summed E-state index contributed by atoms with van der Waals surface area (Å²) >= 11 is 5.97. The van der Waals surface area contributed by atoms with Crippen LogP contribution in [0.1, 0.15) is 5.56 Å². The van der Waals surface area contributed by atoms with E-state index in [1.807, 2.05) is 16.8 Å². The maximum absolute atomic E-state index is 15.3. The zero-order valence-corrected chi connectivity index (χ0v) is 26.9. The standard InChI is InChI=1S/C29H29ClFN7O4SSi/c1-41-29-25(13-20(30)15-34-29)43(39,40)36-23-7-6-22(31)26(21(23)14-32)19-5-8-24-27(35-17-38(24)16-19)28-33-9-10-37(28)18-42-11-12-44(2,3)4/h5-10,13,15-17,36H,11-12,18H2,1-4H3. The van der Waals surface area contributed by atoms with E-state index in [0.29, 0.717) is 35.9 Å². The Balaban J connectivity index is 1.47. The van der Waals surface area contributed by atoms with Crippen molar-refractivity contribution >= 4 is 40.9 Å². The van der Waals surface area contributed by atoms with Crippen LogP contribution in [0.5, 0.6) is 5.88 Å². The largest absolute Gasteiger partial charge is 0.480 e. The van der Waals surface area contributed by atoms with Crippen molar-refractivity contribution in [2.24, 2.45) is 0 Å². The molecule has 228 valence electrons. The summed E-state index contributed by atoms with van der Waals surface area (Å²) in [5.41, 5.74) is 1.19. The Labute approximate surface area is 259 Å². The van der Waals surface area contributed by atoms with E-state index >= 15 is 4.39 Å². The maximum Gasteiger partial charge on any atom is 0.267 e. The Kier molecular flexibility index (Phi) is 8.75. The quantitative estimate of drug-likeness (QED) is 0.134. The summed E-state index contributed by atoms with van der Waals surface area (Å²) in [6, 6.07) is 9.80. The first kappa shape index (κ1) is 31.1. The highest BCUT2D eigenvalue weighted by atomic mass is 35.5. The Morgan fingerprint density at radius 3 is 2.68 bits per heavy atom. The van der Waals surface area contributed by atoms with Crippen LogP contribution in [0.25, 0.3) is 28.2 Å². The molecule has 5 rings (SSSR count). The number of nitrogens with zero attached hydrogens (tertiary/aromatic N) is 6. The van der Waals surface area contributed by atoms with E-state index in [-0.39, 0.29) is 32.6 Å². The number of hydrogen-bond acceptors (Lipinski definition) is 8. The lowest BCUT2D eigenvalue weighted by molar-refractivity contribution is 0.0882. The van der Waals surface area contributed by atoms with Gasteiger partial charge in [-0.3, -0.25) is 4.72 Å². The molecule has 0 atom stereocenters. The number of hydrogen-bond donors (Lipinski definition) is 1. The molecule has 4 aromatic heterocycles. The summed E-state index contributed by atoms with van der Waals surface area (Å²) in [6.45, 7) is 7.86. The van der Waals surface area contributed by atoms with Crippen molar-refractivity contribution in [2.45, 2.75) is 37.3 Å². The predicted octanol–water partition coefficient (Wildman–Crippen LogP) is 6.05. The smallest absolute Gasteiger partial charge is 0.267 e. The summed E-state index contributed by atoms with van der Waals surface area (Å²) in [6.07, 6.45) is 7.91. The van der Waals surface area contributed by atoms with Crippen LogP contribution in [-0.4, -0.2) is 54.1 Å². The molecule has 11 nitrogen and oxygen atoms in total. The number of nitrogens with one attached hydrogen (secondary N) is 1. The number of imidazole rings is 2. The van der Waals surface area contributed by atoms with Gasteiger partial charge in [0.05, 0.1) is 28.9 Å². The molecule has 0 aliphatic carbocycles. The number of halogens is 2. The van der Waals surface area contributed by atoms with Gasteiger partial charge in [0.1, 0.15) is 30.6 Å². The Morgan fingerprint density at radius 1 is 1.16 bits per heavy atom. The van der Waals surface area contributed by atoms with Gasteiger partial charge in [0.15, 0.2) is 10.7 Å². The van der Waals surface area contributed by atoms with Crippen LogP contribution in [0.4, 0.5) is 10.1 Å². The first-order chi connectivity index (χ1) is 20.9. The number of sulfonamides is 1. The number of methoxy groups -OCH3 is 1. The number of rotatable bonds is 11. The monoisotopic (exact) mass is 653 g/mol. The molecule has 0 spiro atoms. The second kappa shape index (κ2) is 12.4.